The number of carbonyl (C=O) groups excluding carboxylic acids is 1. The maximum absolute atomic E-state index is 12.2. The largest absolute Gasteiger partial charge is 0.378 e. The minimum absolute atomic E-state index is 0.245. The average molecular weight is 299 g/mol. The summed E-state index contributed by atoms with van der Waals surface area (Å²) < 4.78 is 10.9. The molecular formula is C15H29N3O3. The van der Waals surface area contributed by atoms with E-state index in [0.717, 1.165) is 52.4 Å². The summed E-state index contributed by atoms with van der Waals surface area (Å²) in [5.74, 6) is 0.245. The number of amides is 1. The van der Waals surface area contributed by atoms with E-state index < -0.39 is 0 Å². The Bertz CT molecular complexity index is 311. The van der Waals surface area contributed by atoms with E-state index in [1.54, 1.807) is 0 Å². The molecule has 2 heterocycles. The monoisotopic (exact) mass is 299 g/mol. The van der Waals surface area contributed by atoms with Crippen LogP contribution in [0, 0.1) is 0 Å². The van der Waals surface area contributed by atoms with Crippen molar-refractivity contribution in [3.8, 4) is 0 Å². The van der Waals surface area contributed by atoms with Crippen LogP contribution < -0.4 is 0 Å². The van der Waals surface area contributed by atoms with Crippen molar-refractivity contribution in [3.63, 3.8) is 0 Å². The molecule has 0 saturated carbocycles. The molecule has 2 rings (SSSR count). The second kappa shape index (κ2) is 8.68. The van der Waals surface area contributed by atoms with Crippen molar-refractivity contribution >= 4 is 5.91 Å². The van der Waals surface area contributed by atoms with Gasteiger partial charge in [-0.3, -0.25) is 14.6 Å². The molecule has 0 radical (unpaired) electrons. The Morgan fingerprint density at radius 3 is 2.29 bits per heavy atom. The van der Waals surface area contributed by atoms with Crippen LogP contribution in [0.4, 0.5) is 0 Å². The number of rotatable bonds is 6. The summed E-state index contributed by atoms with van der Waals surface area (Å²) in [7, 11) is 0. The smallest absolute Gasteiger partial charge is 0.236 e. The van der Waals surface area contributed by atoms with Gasteiger partial charge in [0.05, 0.1) is 32.5 Å². The van der Waals surface area contributed by atoms with E-state index in [9.17, 15) is 4.79 Å². The van der Waals surface area contributed by atoms with Crippen LogP contribution in [0.15, 0.2) is 0 Å². The second-order valence-corrected chi connectivity index (χ2v) is 6.03. The highest BCUT2D eigenvalue weighted by Crippen LogP contribution is 2.04. The molecule has 0 aliphatic carbocycles. The number of nitrogens with zero attached hydrogens (tertiary/aromatic N) is 3. The van der Waals surface area contributed by atoms with Gasteiger partial charge in [0.15, 0.2) is 0 Å². The van der Waals surface area contributed by atoms with Gasteiger partial charge < -0.3 is 14.4 Å². The number of piperazine rings is 1. The first-order chi connectivity index (χ1) is 10.1. The Morgan fingerprint density at radius 2 is 1.67 bits per heavy atom. The zero-order valence-electron chi connectivity index (χ0n) is 13.4. The van der Waals surface area contributed by atoms with Crippen molar-refractivity contribution in [2.24, 2.45) is 0 Å². The zero-order chi connectivity index (χ0) is 15.1. The van der Waals surface area contributed by atoms with Gasteiger partial charge in [-0.25, -0.2) is 0 Å². The van der Waals surface area contributed by atoms with Crippen molar-refractivity contribution in [1.82, 2.24) is 14.7 Å². The summed E-state index contributed by atoms with van der Waals surface area (Å²) in [6, 6.07) is 0. The van der Waals surface area contributed by atoms with Crippen LogP contribution in [-0.4, -0.2) is 98.9 Å². The standard InChI is InChI=1S/C15H29N3O3/c1-14(2)21-12-7-16-3-5-17(6-4-16)13-15(19)18-8-10-20-11-9-18/h14H,3-13H2,1-2H3. The first-order valence-electron chi connectivity index (χ1n) is 8.07. The molecule has 0 aromatic rings. The first-order valence-corrected chi connectivity index (χ1v) is 8.07. The van der Waals surface area contributed by atoms with Gasteiger partial charge in [-0.15, -0.1) is 0 Å². The van der Waals surface area contributed by atoms with Gasteiger partial charge in [-0.05, 0) is 13.8 Å². The van der Waals surface area contributed by atoms with E-state index in [2.05, 4.69) is 23.6 Å². The molecule has 21 heavy (non-hydrogen) atoms. The Kier molecular flexibility index (Phi) is 6.89. The number of ether oxygens (including phenoxy) is 2. The molecule has 2 aliphatic heterocycles. The number of hydrogen-bond acceptors (Lipinski definition) is 5. The molecular weight excluding hydrogens is 270 g/mol. The predicted octanol–water partition coefficient (Wildman–Crippen LogP) is -0.112. The molecule has 0 bridgehead atoms. The fourth-order valence-corrected chi connectivity index (χ4v) is 2.69. The average Bonchev–Trinajstić information content (AvgIpc) is 2.49. The molecule has 0 aromatic heterocycles. The van der Waals surface area contributed by atoms with Crippen molar-refractivity contribution in [3.05, 3.63) is 0 Å². The zero-order valence-corrected chi connectivity index (χ0v) is 13.4. The minimum Gasteiger partial charge on any atom is -0.378 e. The van der Waals surface area contributed by atoms with E-state index in [4.69, 9.17) is 9.47 Å². The molecule has 0 unspecified atom stereocenters. The third-order valence-electron chi connectivity index (χ3n) is 4.05. The lowest BCUT2D eigenvalue weighted by atomic mass is 10.3. The van der Waals surface area contributed by atoms with Gasteiger partial charge in [0.25, 0.3) is 0 Å². The van der Waals surface area contributed by atoms with Crippen LogP contribution in [0.1, 0.15) is 13.8 Å². The van der Waals surface area contributed by atoms with Crippen molar-refractivity contribution < 1.29 is 14.3 Å². The Hall–Kier alpha value is -0.690. The molecule has 2 saturated heterocycles. The van der Waals surface area contributed by atoms with Gasteiger partial charge in [0.1, 0.15) is 0 Å². The van der Waals surface area contributed by atoms with Crippen LogP contribution in [0.5, 0.6) is 0 Å². The molecule has 2 fully saturated rings. The fourth-order valence-electron chi connectivity index (χ4n) is 2.69. The van der Waals surface area contributed by atoms with E-state index in [1.807, 2.05) is 4.90 Å². The van der Waals surface area contributed by atoms with Crippen LogP contribution in [-0.2, 0) is 14.3 Å². The molecule has 0 spiro atoms. The van der Waals surface area contributed by atoms with Crippen molar-refractivity contribution in [1.29, 1.82) is 0 Å². The molecule has 6 heteroatoms. The maximum Gasteiger partial charge on any atom is 0.236 e. The summed E-state index contributed by atoms with van der Waals surface area (Å²) in [5, 5.41) is 0. The molecule has 1 amide bonds. The quantitative estimate of drug-likeness (QED) is 0.685. The van der Waals surface area contributed by atoms with Crippen LogP contribution in [0.25, 0.3) is 0 Å². The van der Waals surface area contributed by atoms with Crippen LogP contribution in [0.2, 0.25) is 0 Å². The molecule has 0 N–H and O–H groups in total. The van der Waals surface area contributed by atoms with Gasteiger partial charge >= 0.3 is 0 Å². The van der Waals surface area contributed by atoms with E-state index in [0.29, 0.717) is 25.9 Å². The normalized spacial score (nSPS) is 22.0. The summed E-state index contributed by atoms with van der Waals surface area (Å²) in [6.45, 7) is 13.3. The van der Waals surface area contributed by atoms with E-state index in [1.165, 1.54) is 0 Å². The molecule has 122 valence electrons. The highest BCUT2D eigenvalue weighted by Gasteiger charge is 2.22. The lowest BCUT2D eigenvalue weighted by Crippen LogP contribution is -2.52. The van der Waals surface area contributed by atoms with Crippen LogP contribution >= 0.6 is 0 Å². The molecule has 0 atom stereocenters. The topological polar surface area (TPSA) is 45.2 Å². The number of carbonyl (C=O) groups is 1. The second-order valence-electron chi connectivity index (χ2n) is 6.03. The van der Waals surface area contributed by atoms with E-state index in [-0.39, 0.29) is 5.91 Å². The third kappa shape index (κ3) is 5.90. The maximum atomic E-state index is 12.2. The summed E-state index contributed by atoms with van der Waals surface area (Å²) in [4.78, 5) is 18.8. The van der Waals surface area contributed by atoms with Crippen molar-refractivity contribution in [2.45, 2.75) is 20.0 Å². The minimum atomic E-state index is 0.245. The summed E-state index contributed by atoms with van der Waals surface area (Å²) >= 11 is 0. The highest BCUT2D eigenvalue weighted by molar-refractivity contribution is 5.78. The Labute approximate surface area is 128 Å². The highest BCUT2D eigenvalue weighted by atomic mass is 16.5. The molecule has 2 aliphatic rings. The van der Waals surface area contributed by atoms with Gasteiger partial charge in [0.2, 0.25) is 5.91 Å². The third-order valence-corrected chi connectivity index (χ3v) is 4.05. The predicted molar refractivity (Wildman–Crippen MR) is 81.4 cm³/mol. The van der Waals surface area contributed by atoms with Gasteiger partial charge in [0, 0.05) is 45.8 Å². The fraction of sp³-hybridized carbons (Fsp3) is 0.933. The summed E-state index contributed by atoms with van der Waals surface area (Å²) in [5.41, 5.74) is 0. The number of hydrogen-bond donors (Lipinski definition) is 0. The Morgan fingerprint density at radius 1 is 1.05 bits per heavy atom. The van der Waals surface area contributed by atoms with Crippen molar-refractivity contribution in [2.75, 3.05) is 72.2 Å². The van der Waals surface area contributed by atoms with Gasteiger partial charge in [-0.2, -0.15) is 0 Å². The van der Waals surface area contributed by atoms with Crippen LogP contribution in [0.3, 0.4) is 0 Å². The van der Waals surface area contributed by atoms with Gasteiger partial charge in [-0.1, -0.05) is 0 Å². The first kappa shape index (κ1) is 16.7. The summed E-state index contributed by atoms with van der Waals surface area (Å²) in [6.07, 6.45) is 0.303. The Balaban J connectivity index is 1.61. The molecule has 6 nitrogen and oxygen atoms in total. The lowest BCUT2D eigenvalue weighted by molar-refractivity contribution is -0.136. The number of morpholine rings is 1. The lowest BCUT2D eigenvalue weighted by Gasteiger charge is -2.36. The van der Waals surface area contributed by atoms with E-state index >= 15 is 0 Å². The SMILES string of the molecule is CC(C)OCCN1CCN(CC(=O)N2CCOCC2)CC1. The molecule has 0 aromatic carbocycles.